The van der Waals surface area contributed by atoms with E-state index in [0.717, 1.165) is 0 Å². The van der Waals surface area contributed by atoms with Crippen LogP contribution >= 0.6 is 0 Å². The van der Waals surface area contributed by atoms with E-state index >= 15 is 0 Å². The van der Waals surface area contributed by atoms with E-state index in [0.29, 0.717) is 34.9 Å². The van der Waals surface area contributed by atoms with Gasteiger partial charge in [-0.2, -0.15) is 4.72 Å². The summed E-state index contributed by atoms with van der Waals surface area (Å²) >= 11 is 0. The first-order valence-corrected chi connectivity index (χ1v) is 11.0. The van der Waals surface area contributed by atoms with Gasteiger partial charge in [-0.05, 0) is 48.9 Å². The summed E-state index contributed by atoms with van der Waals surface area (Å²) in [7, 11) is -3.62. The van der Waals surface area contributed by atoms with Crippen LogP contribution in [0.2, 0.25) is 0 Å². The number of sulfonamides is 1. The van der Waals surface area contributed by atoms with Gasteiger partial charge in [-0.25, -0.2) is 8.42 Å². The molecule has 0 unspecified atom stereocenters. The summed E-state index contributed by atoms with van der Waals surface area (Å²) in [6.45, 7) is 2.37. The molecule has 1 atom stereocenters. The number of hydrogen-bond acceptors (Lipinski definition) is 5. The molecule has 0 aromatic heterocycles. The smallest absolute Gasteiger partial charge is 0.255 e. The summed E-state index contributed by atoms with van der Waals surface area (Å²) in [6.07, 6.45) is -0.624. The highest BCUT2D eigenvalue weighted by Gasteiger charge is 2.29. The minimum atomic E-state index is -3.62. The Bertz CT molecular complexity index is 1180. The SMILES string of the molecule is CCOc1ccccc1NC(=O)c1ccc([C@@H]2Nc3ccccc3S(=O)(=O)N2)cc1. The number of nitrogens with one attached hydrogen (secondary N) is 3. The van der Waals surface area contributed by atoms with Crippen molar-refractivity contribution in [3.8, 4) is 5.75 Å². The van der Waals surface area contributed by atoms with Gasteiger partial charge in [-0.3, -0.25) is 4.79 Å². The Morgan fingerprint density at radius 1 is 1.00 bits per heavy atom. The molecule has 1 aliphatic rings. The molecule has 1 aliphatic heterocycles. The third-order valence-electron chi connectivity index (χ3n) is 4.69. The average molecular weight is 423 g/mol. The van der Waals surface area contributed by atoms with Crippen molar-refractivity contribution in [3.63, 3.8) is 0 Å². The topological polar surface area (TPSA) is 96.5 Å². The lowest BCUT2D eigenvalue weighted by Crippen LogP contribution is -2.38. The summed E-state index contributed by atoms with van der Waals surface area (Å²) in [5.74, 6) is 0.320. The molecule has 30 heavy (non-hydrogen) atoms. The van der Waals surface area contributed by atoms with Crippen LogP contribution in [0.25, 0.3) is 0 Å². The Morgan fingerprint density at radius 3 is 2.47 bits per heavy atom. The molecule has 3 N–H and O–H groups in total. The monoisotopic (exact) mass is 423 g/mol. The molecule has 0 saturated heterocycles. The lowest BCUT2D eigenvalue weighted by atomic mass is 10.1. The Morgan fingerprint density at radius 2 is 1.70 bits per heavy atom. The molecule has 1 amide bonds. The van der Waals surface area contributed by atoms with Crippen molar-refractivity contribution in [1.82, 2.24) is 4.72 Å². The van der Waals surface area contributed by atoms with E-state index in [1.54, 1.807) is 60.7 Å². The summed E-state index contributed by atoms with van der Waals surface area (Å²) in [6, 6.07) is 20.7. The number of anilines is 2. The number of fused-ring (bicyclic) bond motifs is 1. The normalized spacial score (nSPS) is 16.8. The zero-order valence-corrected chi connectivity index (χ0v) is 17.1. The van der Waals surface area contributed by atoms with Crippen molar-refractivity contribution in [3.05, 3.63) is 83.9 Å². The Labute approximate surface area is 175 Å². The van der Waals surface area contributed by atoms with E-state index in [-0.39, 0.29) is 10.8 Å². The van der Waals surface area contributed by atoms with Gasteiger partial charge >= 0.3 is 0 Å². The first-order chi connectivity index (χ1) is 14.5. The number of amides is 1. The van der Waals surface area contributed by atoms with Crippen LogP contribution in [0.3, 0.4) is 0 Å². The fourth-order valence-corrected chi connectivity index (χ4v) is 4.55. The summed E-state index contributed by atoms with van der Waals surface area (Å²) in [5.41, 5.74) is 2.27. The van der Waals surface area contributed by atoms with Crippen molar-refractivity contribution < 1.29 is 17.9 Å². The third kappa shape index (κ3) is 4.00. The number of rotatable bonds is 5. The number of hydrogen-bond donors (Lipinski definition) is 3. The molecule has 8 heteroatoms. The van der Waals surface area contributed by atoms with Crippen LogP contribution in [0.1, 0.15) is 29.0 Å². The second-order valence-electron chi connectivity index (χ2n) is 6.70. The lowest BCUT2D eigenvalue weighted by molar-refractivity contribution is 0.102. The molecule has 7 nitrogen and oxygen atoms in total. The zero-order chi connectivity index (χ0) is 21.1. The number of carbonyl (C=O) groups is 1. The molecule has 0 saturated carbocycles. The van der Waals surface area contributed by atoms with Gasteiger partial charge in [-0.1, -0.05) is 36.4 Å². The van der Waals surface area contributed by atoms with Gasteiger partial charge in [0.15, 0.2) is 0 Å². The summed E-state index contributed by atoms with van der Waals surface area (Å²) in [5, 5.41) is 6.02. The molecule has 0 aliphatic carbocycles. The third-order valence-corrected chi connectivity index (χ3v) is 6.17. The molecule has 4 rings (SSSR count). The van der Waals surface area contributed by atoms with Crippen LogP contribution in [0.4, 0.5) is 11.4 Å². The maximum absolute atomic E-state index is 12.6. The van der Waals surface area contributed by atoms with Gasteiger partial charge in [-0.15, -0.1) is 0 Å². The van der Waals surface area contributed by atoms with Crippen LogP contribution < -0.4 is 20.1 Å². The highest BCUT2D eigenvalue weighted by molar-refractivity contribution is 7.89. The number of carbonyl (C=O) groups excluding carboxylic acids is 1. The predicted octanol–water partition coefficient (Wildman–Crippen LogP) is 3.74. The van der Waals surface area contributed by atoms with Crippen LogP contribution in [0.15, 0.2) is 77.7 Å². The minimum absolute atomic E-state index is 0.213. The summed E-state index contributed by atoms with van der Waals surface area (Å²) in [4.78, 5) is 12.8. The van der Waals surface area contributed by atoms with Gasteiger partial charge in [0.1, 0.15) is 16.8 Å². The van der Waals surface area contributed by atoms with Gasteiger partial charge in [0, 0.05) is 5.56 Å². The highest BCUT2D eigenvalue weighted by atomic mass is 32.2. The standard InChI is InChI=1S/C22H21N3O4S/c1-2-29-19-9-5-3-7-17(19)24-22(26)16-13-11-15(12-14-16)21-23-18-8-4-6-10-20(18)30(27,28)25-21/h3-14,21,23,25H,2H2,1H3,(H,24,26)/t21-/m1/s1. The van der Waals surface area contributed by atoms with Crippen LogP contribution in [0, 0.1) is 0 Å². The fourth-order valence-electron chi connectivity index (χ4n) is 3.25. The van der Waals surface area contributed by atoms with Crippen molar-refractivity contribution in [2.75, 3.05) is 17.2 Å². The van der Waals surface area contributed by atoms with E-state index in [1.165, 1.54) is 0 Å². The second kappa shape index (κ2) is 8.17. The van der Waals surface area contributed by atoms with Gasteiger partial charge in [0.05, 0.1) is 18.0 Å². The lowest BCUT2D eigenvalue weighted by Gasteiger charge is -2.28. The van der Waals surface area contributed by atoms with Crippen LogP contribution in [-0.4, -0.2) is 20.9 Å². The van der Waals surface area contributed by atoms with Crippen molar-refractivity contribution in [1.29, 1.82) is 0 Å². The average Bonchev–Trinajstić information content (AvgIpc) is 2.75. The van der Waals surface area contributed by atoms with E-state index in [4.69, 9.17) is 4.74 Å². The first kappa shape index (κ1) is 19.9. The number of benzene rings is 3. The molecule has 0 spiro atoms. The molecular formula is C22H21N3O4S. The maximum Gasteiger partial charge on any atom is 0.255 e. The Kier molecular flexibility index (Phi) is 5.43. The van der Waals surface area contributed by atoms with Gasteiger partial charge < -0.3 is 15.4 Å². The summed E-state index contributed by atoms with van der Waals surface area (Å²) < 4.78 is 33.1. The molecule has 0 fully saturated rings. The highest BCUT2D eigenvalue weighted by Crippen LogP contribution is 2.31. The van der Waals surface area contributed by atoms with E-state index in [9.17, 15) is 13.2 Å². The van der Waals surface area contributed by atoms with E-state index in [2.05, 4.69) is 15.4 Å². The van der Waals surface area contributed by atoms with Crippen molar-refractivity contribution in [2.24, 2.45) is 0 Å². The first-order valence-electron chi connectivity index (χ1n) is 9.49. The van der Waals surface area contributed by atoms with E-state index < -0.39 is 16.2 Å². The predicted molar refractivity (Wildman–Crippen MR) is 115 cm³/mol. The molecule has 3 aromatic rings. The Hall–Kier alpha value is -3.36. The zero-order valence-electron chi connectivity index (χ0n) is 16.3. The van der Waals surface area contributed by atoms with Gasteiger partial charge in [0.2, 0.25) is 10.0 Å². The number of para-hydroxylation sites is 3. The molecule has 154 valence electrons. The van der Waals surface area contributed by atoms with Crippen LogP contribution in [0.5, 0.6) is 5.75 Å². The fraction of sp³-hybridized carbons (Fsp3) is 0.136. The quantitative estimate of drug-likeness (QED) is 0.581. The number of ether oxygens (including phenoxy) is 1. The molecule has 0 radical (unpaired) electrons. The van der Waals surface area contributed by atoms with Crippen LogP contribution in [-0.2, 0) is 10.0 Å². The minimum Gasteiger partial charge on any atom is -0.492 e. The van der Waals surface area contributed by atoms with E-state index in [1.807, 2.05) is 19.1 Å². The molecule has 1 heterocycles. The largest absolute Gasteiger partial charge is 0.492 e. The molecule has 0 bridgehead atoms. The molecular weight excluding hydrogens is 402 g/mol. The van der Waals surface area contributed by atoms with Crippen molar-refractivity contribution >= 4 is 27.3 Å². The Balaban J connectivity index is 1.52. The maximum atomic E-state index is 12.6. The van der Waals surface area contributed by atoms with Gasteiger partial charge in [0.25, 0.3) is 5.91 Å². The molecule has 3 aromatic carbocycles. The second-order valence-corrected chi connectivity index (χ2v) is 8.38. The van der Waals surface area contributed by atoms with Crippen molar-refractivity contribution in [2.45, 2.75) is 18.0 Å².